The summed E-state index contributed by atoms with van der Waals surface area (Å²) in [5.74, 6) is 0.720. The highest BCUT2D eigenvalue weighted by atomic mass is 32.2. The fourth-order valence-corrected chi connectivity index (χ4v) is 2.69. The van der Waals surface area contributed by atoms with Crippen LogP contribution in [0.25, 0.3) is 0 Å². The number of methoxy groups -OCH3 is 1. The summed E-state index contributed by atoms with van der Waals surface area (Å²) in [6.07, 6.45) is 0.378. The van der Waals surface area contributed by atoms with Crippen LogP contribution >= 0.6 is 0 Å². The van der Waals surface area contributed by atoms with Crippen LogP contribution in [0.15, 0.2) is 47.4 Å². The molecule has 0 bridgehead atoms. The second-order valence-electron chi connectivity index (χ2n) is 4.36. The van der Waals surface area contributed by atoms with Crippen molar-refractivity contribution in [3.8, 4) is 11.5 Å². The fraction of sp³-hybridized carbons (Fsp3) is 0.143. The molecule has 0 aromatic heterocycles. The standard InChI is InChI=1S/C14H15NO4S/c1-19-13-6-7-14(20(15,17)18)11(9-13)8-10-2-4-12(16)5-3-10/h2-7,9,16H,8H2,1H3,(H2,15,17,18). The van der Waals surface area contributed by atoms with Gasteiger partial charge in [-0.2, -0.15) is 0 Å². The average molecular weight is 293 g/mol. The lowest BCUT2D eigenvalue weighted by molar-refractivity contribution is 0.414. The molecule has 0 aliphatic heterocycles. The maximum Gasteiger partial charge on any atom is 0.238 e. The summed E-state index contributed by atoms with van der Waals surface area (Å²) in [6.45, 7) is 0. The van der Waals surface area contributed by atoms with Crippen LogP contribution in [-0.4, -0.2) is 20.6 Å². The number of hydrogen-bond acceptors (Lipinski definition) is 4. The molecule has 106 valence electrons. The van der Waals surface area contributed by atoms with Crippen molar-refractivity contribution in [3.05, 3.63) is 53.6 Å². The third kappa shape index (κ3) is 3.28. The van der Waals surface area contributed by atoms with E-state index < -0.39 is 10.0 Å². The van der Waals surface area contributed by atoms with E-state index in [2.05, 4.69) is 0 Å². The molecule has 0 saturated heterocycles. The summed E-state index contributed by atoms with van der Waals surface area (Å²) < 4.78 is 28.3. The molecule has 0 radical (unpaired) electrons. The predicted molar refractivity (Wildman–Crippen MR) is 75.3 cm³/mol. The SMILES string of the molecule is COc1ccc(S(N)(=O)=O)c(Cc2ccc(O)cc2)c1. The monoisotopic (exact) mass is 293 g/mol. The van der Waals surface area contributed by atoms with Gasteiger partial charge in [-0.3, -0.25) is 0 Å². The number of rotatable bonds is 4. The third-order valence-electron chi connectivity index (χ3n) is 2.91. The Morgan fingerprint density at radius 1 is 1.15 bits per heavy atom. The van der Waals surface area contributed by atoms with Crippen LogP contribution < -0.4 is 9.88 Å². The van der Waals surface area contributed by atoms with Crippen molar-refractivity contribution >= 4 is 10.0 Å². The largest absolute Gasteiger partial charge is 0.508 e. The van der Waals surface area contributed by atoms with Gasteiger partial charge in [0.15, 0.2) is 0 Å². The van der Waals surface area contributed by atoms with Crippen LogP contribution in [0.4, 0.5) is 0 Å². The Bertz CT molecular complexity index is 708. The minimum atomic E-state index is -3.79. The van der Waals surface area contributed by atoms with E-state index in [9.17, 15) is 13.5 Å². The van der Waals surface area contributed by atoms with E-state index in [4.69, 9.17) is 9.88 Å². The van der Waals surface area contributed by atoms with Crippen molar-refractivity contribution in [2.24, 2.45) is 5.14 Å². The Kier molecular flexibility index (Phi) is 3.96. The minimum absolute atomic E-state index is 0.0753. The summed E-state index contributed by atoms with van der Waals surface area (Å²) in [7, 11) is -2.28. The number of primary sulfonamides is 1. The average Bonchev–Trinajstić information content (AvgIpc) is 2.40. The summed E-state index contributed by atoms with van der Waals surface area (Å²) in [5.41, 5.74) is 1.42. The van der Waals surface area contributed by atoms with Crippen LogP contribution in [0.1, 0.15) is 11.1 Å². The van der Waals surface area contributed by atoms with E-state index in [1.54, 1.807) is 36.4 Å². The highest BCUT2D eigenvalue weighted by molar-refractivity contribution is 7.89. The van der Waals surface area contributed by atoms with Crippen molar-refractivity contribution in [1.29, 1.82) is 0 Å². The number of ether oxygens (including phenoxy) is 1. The highest BCUT2D eigenvalue weighted by Gasteiger charge is 2.15. The molecular weight excluding hydrogens is 278 g/mol. The fourth-order valence-electron chi connectivity index (χ4n) is 1.93. The summed E-state index contributed by atoms with van der Waals surface area (Å²) in [6, 6.07) is 11.2. The second-order valence-corrected chi connectivity index (χ2v) is 5.89. The molecule has 0 spiro atoms. The van der Waals surface area contributed by atoms with E-state index in [0.29, 0.717) is 17.7 Å². The lowest BCUT2D eigenvalue weighted by atomic mass is 10.0. The summed E-state index contributed by atoms with van der Waals surface area (Å²) in [5, 5.41) is 14.5. The third-order valence-corrected chi connectivity index (χ3v) is 3.92. The molecule has 0 aliphatic rings. The van der Waals surface area contributed by atoms with Gasteiger partial charge in [0, 0.05) is 0 Å². The predicted octanol–water partition coefficient (Wildman–Crippen LogP) is 1.64. The molecule has 3 N–H and O–H groups in total. The van der Waals surface area contributed by atoms with Crippen LogP contribution in [0, 0.1) is 0 Å². The number of hydrogen-bond donors (Lipinski definition) is 2. The molecule has 0 fully saturated rings. The van der Waals surface area contributed by atoms with Crippen molar-refractivity contribution in [2.45, 2.75) is 11.3 Å². The van der Waals surface area contributed by atoms with Crippen LogP contribution in [0.3, 0.4) is 0 Å². The summed E-state index contributed by atoms with van der Waals surface area (Å²) >= 11 is 0. The molecule has 6 heteroatoms. The Balaban J connectivity index is 2.45. The molecule has 2 aromatic rings. The van der Waals surface area contributed by atoms with E-state index in [1.807, 2.05) is 0 Å². The summed E-state index contributed by atoms with van der Waals surface area (Å²) in [4.78, 5) is 0.0753. The molecular formula is C14H15NO4S. The van der Waals surface area contributed by atoms with Gasteiger partial charge in [0.1, 0.15) is 11.5 Å². The quantitative estimate of drug-likeness (QED) is 0.896. The van der Waals surface area contributed by atoms with Gasteiger partial charge in [-0.1, -0.05) is 12.1 Å². The zero-order valence-electron chi connectivity index (χ0n) is 10.9. The van der Waals surface area contributed by atoms with Gasteiger partial charge in [0.05, 0.1) is 12.0 Å². The molecule has 20 heavy (non-hydrogen) atoms. The highest BCUT2D eigenvalue weighted by Crippen LogP contribution is 2.24. The molecule has 0 amide bonds. The van der Waals surface area contributed by atoms with Crippen molar-refractivity contribution in [1.82, 2.24) is 0 Å². The van der Waals surface area contributed by atoms with Gasteiger partial charge >= 0.3 is 0 Å². The molecule has 2 rings (SSSR count). The molecule has 0 unspecified atom stereocenters. The number of sulfonamides is 1. The number of aromatic hydroxyl groups is 1. The molecule has 0 heterocycles. The Morgan fingerprint density at radius 2 is 1.80 bits per heavy atom. The van der Waals surface area contributed by atoms with E-state index in [0.717, 1.165) is 5.56 Å². The molecule has 0 atom stereocenters. The molecule has 0 saturated carbocycles. The van der Waals surface area contributed by atoms with E-state index in [1.165, 1.54) is 13.2 Å². The first-order valence-electron chi connectivity index (χ1n) is 5.88. The van der Waals surface area contributed by atoms with Crippen LogP contribution in [0.5, 0.6) is 11.5 Å². The van der Waals surface area contributed by atoms with Crippen LogP contribution in [-0.2, 0) is 16.4 Å². The lowest BCUT2D eigenvalue weighted by Crippen LogP contribution is -2.14. The number of phenolic OH excluding ortho intramolecular Hbond substituents is 1. The second kappa shape index (κ2) is 5.52. The molecule has 5 nitrogen and oxygen atoms in total. The number of nitrogens with two attached hydrogens (primary N) is 1. The Labute approximate surface area is 117 Å². The zero-order valence-corrected chi connectivity index (χ0v) is 11.7. The van der Waals surface area contributed by atoms with Gasteiger partial charge in [0.2, 0.25) is 10.0 Å². The number of benzene rings is 2. The smallest absolute Gasteiger partial charge is 0.238 e. The molecule has 2 aromatic carbocycles. The van der Waals surface area contributed by atoms with Crippen LogP contribution in [0.2, 0.25) is 0 Å². The topological polar surface area (TPSA) is 89.6 Å². The van der Waals surface area contributed by atoms with Crippen molar-refractivity contribution < 1.29 is 18.3 Å². The van der Waals surface area contributed by atoms with Crippen molar-refractivity contribution in [3.63, 3.8) is 0 Å². The Hall–Kier alpha value is -2.05. The Morgan fingerprint density at radius 3 is 2.35 bits per heavy atom. The van der Waals surface area contributed by atoms with Crippen molar-refractivity contribution in [2.75, 3.05) is 7.11 Å². The van der Waals surface area contributed by atoms with E-state index in [-0.39, 0.29) is 10.6 Å². The zero-order chi connectivity index (χ0) is 14.8. The van der Waals surface area contributed by atoms with E-state index >= 15 is 0 Å². The normalized spacial score (nSPS) is 11.3. The van der Waals surface area contributed by atoms with Gasteiger partial charge in [-0.25, -0.2) is 13.6 Å². The van der Waals surface area contributed by atoms with Gasteiger partial charge < -0.3 is 9.84 Å². The molecule has 0 aliphatic carbocycles. The van der Waals surface area contributed by atoms with Gasteiger partial charge in [0.25, 0.3) is 0 Å². The first-order valence-corrected chi connectivity index (χ1v) is 7.42. The van der Waals surface area contributed by atoms with Gasteiger partial charge in [-0.15, -0.1) is 0 Å². The number of phenols is 1. The lowest BCUT2D eigenvalue weighted by Gasteiger charge is -2.10. The first-order chi connectivity index (χ1) is 9.40. The minimum Gasteiger partial charge on any atom is -0.508 e. The maximum atomic E-state index is 11.6. The first kappa shape index (κ1) is 14.4. The maximum absolute atomic E-state index is 11.6. The van der Waals surface area contributed by atoms with Gasteiger partial charge in [-0.05, 0) is 47.9 Å².